The molecule has 2 amide bonds. The number of likely N-dealkylation sites (tertiary alicyclic amines) is 2. The van der Waals surface area contributed by atoms with Crippen molar-refractivity contribution in [3.05, 3.63) is 88.7 Å². The number of amides is 2. The van der Waals surface area contributed by atoms with Crippen LogP contribution >= 0.6 is 0 Å². The molecule has 0 N–H and O–H groups in total. The zero-order valence-corrected chi connectivity index (χ0v) is 20.5. The Morgan fingerprint density at radius 2 is 1.57 bits per heavy atom. The van der Waals surface area contributed by atoms with E-state index in [0.29, 0.717) is 36.6 Å². The van der Waals surface area contributed by atoms with E-state index in [1.165, 1.54) is 12.1 Å². The minimum absolute atomic E-state index is 0.0404. The number of ether oxygens (including phenoxy) is 1. The summed E-state index contributed by atoms with van der Waals surface area (Å²) in [6.45, 7) is 5.50. The summed E-state index contributed by atoms with van der Waals surface area (Å²) in [5.74, 6) is 0.668. The Labute approximate surface area is 212 Å². The van der Waals surface area contributed by atoms with Gasteiger partial charge in [-0.2, -0.15) is 13.2 Å². The monoisotopic (exact) mass is 509 g/mol. The summed E-state index contributed by atoms with van der Waals surface area (Å²) in [4.78, 5) is 34.4. The number of halogens is 3. The van der Waals surface area contributed by atoms with Gasteiger partial charge in [0.1, 0.15) is 17.2 Å². The number of aromatic nitrogens is 1. The number of hydrogen-bond acceptors (Lipinski definition) is 4. The van der Waals surface area contributed by atoms with Crippen molar-refractivity contribution < 1.29 is 27.5 Å². The highest BCUT2D eigenvalue weighted by atomic mass is 19.4. The maximum absolute atomic E-state index is 13.2. The number of nitrogens with zero attached hydrogens (tertiary/aromatic N) is 3. The van der Waals surface area contributed by atoms with Crippen LogP contribution < -0.4 is 4.74 Å². The molecule has 2 aliphatic heterocycles. The van der Waals surface area contributed by atoms with Crippen LogP contribution in [0.15, 0.2) is 60.7 Å². The Bertz CT molecular complexity index is 1300. The molecular weight excluding hydrogens is 483 g/mol. The number of carbonyl (C=O) groups is 2. The minimum atomic E-state index is -4.41. The number of fused-ring (bicyclic) bond motifs is 1. The highest BCUT2D eigenvalue weighted by Gasteiger charge is 2.45. The first-order chi connectivity index (χ1) is 17.6. The van der Waals surface area contributed by atoms with Gasteiger partial charge >= 0.3 is 6.18 Å². The van der Waals surface area contributed by atoms with Crippen LogP contribution in [-0.4, -0.2) is 52.3 Å². The fraction of sp³-hybridized carbons (Fsp3) is 0.321. The summed E-state index contributed by atoms with van der Waals surface area (Å²) in [6, 6.07) is 14.6. The number of benzene rings is 2. The van der Waals surface area contributed by atoms with Crippen molar-refractivity contribution in [3.63, 3.8) is 0 Å². The fourth-order valence-electron chi connectivity index (χ4n) is 5.17. The third kappa shape index (κ3) is 5.16. The first-order valence-electron chi connectivity index (χ1n) is 12.1. The summed E-state index contributed by atoms with van der Waals surface area (Å²) in [7, 11) is 0. The molecule has 2 saturated heterocycles. The summed E-state index contributed by atoms with van der Waals surface area (Å²) in [5, 5.41) is 0. The Morgan fingerprint density at radius 3 is 2.19 bits per heavy atom. The lowest BCUT2D eigenvalue weighted by atomic mass is 10.0. The summed E-state index contributed by atoms with van der Waals surface area (Å²) >= 11 is 0. The number of hydrogen-bond donors (Lipinski definition) is 0. The number of alkyl halides is 3. The molecule has 1 aromatic heterocycles. The molecule has 0 unspecified atom stereocenters. The molecule has 2 atom stereocenters. The molecule has 0 radical (unpaired) electrons. The van der Waals surface area contributed by atoms with E-state index in [0.717, 1.165) is 29.8 Å². The Morgan fingerprint density at radius 1 is 0.919 bits per heavy atom. The van der Waals surface area contributed by atoms with Crippen LogP contribution in [0.5, 0.6) is 11.5 Å². The first kappa shape index (κ1) is 24.8. The number of carbonyl (C=O) groups excluding carboxylic acids is 2. The summed E-state index contributed by atoms with van der Waals surface area (Å²) in [6.07, 6.45) is -3.57. The van der Waals surface area contributed by atoms with Gasteiger partial charge in [-0.1, -0.05) is 0 Å². The molecule has 5 rings (SSSR count). The largest absolute Gasteiger partial charge is 0.457 e. The van der Waals surface area contributed by atoms with Gasteiger partial charge in [-0.15, -0.1) is 0 Å². The smallest absolute Gasteiger partial charge is 0.416 e. The van der Waals surface area contributed by atoms with E-state index in [9.17, 15) is 22.8 Å². The molecule has 192 valence electrons. The van der Waals surface area contributed by atoms with Crippen molar-refractivity contribution in [1.29, 1.82) is 0 Å². The van der Waals surface area contributed by atoms with Crippen LogP contribution in [0, 0.1) is 19.8 Å². The molecule has 3 heterocycles. The lowest BCUT2D eigenvalue weighted by Gasteiger charge is -2.25. The number of pyridine rings is 1. The molecule has 0 bridgehead atoms. The van der Waals surface area contributed by atoms with E-state index in [2.05, 4.69) is 4.98 Å². The van der Waals surface area contributed by atoms with Crippen LogP contribution in [0.1, 0.15) is 44.1 Å². The van der Waals surface area contributed by atoms with Crippen molar-refractivity contribution in [2.45, 2.75) is 32.5 Å². The van der Waals surface area contributed by atoms with Gasteiger partial charge in [-0.3, -0.25) is 9.59 Å². The average molecular weight is 510 g/mol. The van der Waals surface area contributed by atoms with Crippen molar-refractivity contribution in [3.8, 4) is 11.5 Å². The van der Waals surface area contributed by atoms with Gasteiger partial charge in [-0.25, -0.2) is 4.98 Å². The Hall–Kier alpha value is -3.88. The van der Waals surface area contributed by atoms with Crippen LogP contribution in [0.25, 0.3) is 0 Å². The lowest BCUT2D eigenvalue weighted by molar-refractivity contribution is -0.137. The minimum Gasteiger partial charge on any atom is -0.457 e. The van der Waals surface area contributed by atoms with Crippen LogP contribution in [0.4, 0.5) is 13.2 Å². The van der Waals surface area contributed by atoms with Crippen LogP contribution in [-0.2, 0) is 6.18 Å². The second-order valence-corrected chi connectivity index (χ2v) is 9.64. The SMILES string of the molecule is Cc1cc(C)nc(C(=O)N2CC[C@H]3CN(C(=O)c4ccc(Oc5ccc(C(F)(F)F)cc5)cc4)C[C@H]32)c1. The molecule has 0 spiro atoms. The number of rotatable bonds is 4. The van der Waals surface area contributed by atoms with Crippen molar-refractivity contribution in [2.24, 2.45) is 5.92 Å². The van der Waals surface area contributed by atoms with Gasteiger partial charge in [0.15, 0.2) is 0 Å². The molecule has 6 nitrogen and oxygen atoms in total. The normalized spacial score (nSPS) is 19.2. The Balaban J connectivity index is 1.22. The molecule has 9 heteroatoms. The van der Waals surface area contributed by atoms with Gasteiger partial charge in [0.25, 0.3) is 11.8 Å². The van der Waals surface area contributed by atoms with E-state index < -0.39 is 11.7 Å². The average Bonchev–Trinajstić information content (AvgIpc) is 3.44. The highest BCUT2D eigenvalue weighted by molar-refractivity contribution is 5.95. The molecule has 2 fully saturated rings. The molecule has 0 aliphatic carbocycles. The predicted octanol–water partition coefficient (Wildman–Crippen LogP) is 5.50. The molecule has 2 aliphatic rings. The molecule has 2 aromatic carbocycles. The summed E-state index contributed by atoms with van der Waals surface area (Å²) in [5.41, 5.74) is 1.95. The van der Waals surface area contributed by atoms with E-state index >= 15 is 0 Å². The molecular formula is C28H26F3N3O3. The van der Waals surface area contributed by atoms with Crippen LogP contribution in [0.2, 0.25) is 0 Å². The van der Waals surface area contributed by atoms with Crippen LogP contribution in [0.3, 0.4) is 0 Å². The Kier molecular flexibility index (Phi) is 6.39. The lowest BCUT2D eigenvalue weighted by Crippen LogP contribution is -2.41. The fourth-order valence-corrected chi connectivity index (χ4v) is 5.17. The second-order valence-electron chi connectivity index (χ2n) is 9.64. The number of aryl methyl sites for hydroxylation is 2. The summed E-state index contributed by atoms with van der Waals surface area (Å²) < 4.78 is 43.8. The van der Waals surface area contributed by atoms with Gasteiger partial charge in [0, 0.05) is 36.8 Å². The first-order valence-corrected chi connectivity index (χ1v) is 12.1. The van der Waals surface area contributed by atoms with E-state index in [1.807, 2.05) is 24.8 Å². The molecule has 37 heavy (non-hydrogen) atoms. The zero-order valence-electron chi connectivity index (χ0n) is 20.5. The maximum atomic E-state index is 13.2. The topological polar surface area (TPSA) is 62.7 Å². The van der Waals surface area contributed by atoms with Gasteiger partial charge in [-0.05, 0) is 86.5 Å². The van der Waals surface area contributed by atoms with Gasteiger partial charge < -0.3 is 14.5 Å². The van der Waals surface area contributed by atoms with Gasteiger partial charge in [0.05, 0.1) is 11.6 Å². The van der Waals surface area contributed by atoms with Crippen molar-refractivity contribution in [2.75, 3.05) is 19.6 Å². The van der Waals surface area contributed by atoms with Crippen molar-refractivity contribution >= 4 is 11.8 Å². The predicted molar refractivity (Wildman–Crippen MR) is 131 cm³/mol. The third-order valence-electron chi connectivity index (χ3n) is 6.93. The highest BCUT2D eigenvalue weighted by Crippen LogP contribution is 2.34. The second kappa shape index (κ2) is 9.53. The van der Waals surface area contributed by atoms with Crippen molar-refractivity contribution in [1.82, 2.24) is 14.8 Å². The quantitative estimate of drug-likeness (QED) is 0.466. The van der Waals surface area contributed by atoms with E-state index in [-0.39, 0.29) is 29.5 Å². The zero-order chi connectivity index (χ0) is 26.3. The van der Waals surface area contributed by atoms with Gasteiger partial charge in [0.2, 0.25) is 0 Å². The van der Waals surface area contributed by atoms with E-state index in [4.69, 9.17) is 4.74 Å². The van der Waals surface area contributed by atoms with E-state index in [1.54, 1.807) is 35.2 Å². The molecule has 3 aromatic rings. The standard InChI is InChI=1S/C28H26F3N3O3/c1-17-13-18(2)32-24(14-17)27(36)34-12-11-20-15-33(16-25(20)34)26(35)19-3-7-22(8-4-19)37-23-9-5-21(6-10-23)28(29,30)31/h3-10,13-14,20,25H,11-12,15-16H2,1-2H3/t20-,25+/m0/s1. The maximum Gasteiger partial charge on any atom is 0.416 e. The molecule has 0 saturated carbocycles. The third-order valence-corrected chi connectivity index (χ3v) is 6.93.